The molecule has 2 heteroatoms. The van der Waals surface area contributed by atoms with Crippen molar-refractivity contribution in [2.24, 2.45) is 0 Å². The topological polar surface area (TPSA) is 3.24 Å². The van der Waals surface area contributed by atoms with E-state index in [2.05, 4.69) is 25.1 Å². The number of nitrogens with zero attached hydrogens (tertiary/aromatic N) is 1. The first-order valence-electron chi connectivity index (χ1n) is 3.80. The smallest absolute Gasteiger partial charge is 0.0556 e. The fraction of sp³-hybridized carbons (Fsp3) is 0.333. The monoisotopic (exact) mass is 167 g/mol. The molecule has 0 saturated carbocycles. The number of fused-ring (bicyclic) bond motifs is 1. The van der Waals surface area contributed by atoms with E-state index >= 15 is 0 Å². The van der Waals surface area contributed by atoms with Crippen LogP contribution >= 0.6 is 11.8 Å². The van der Waals surface area contributed by atoms with E-state index in [1.807, 2.05) is 0 Å². The summed E-state index contributed by atoms with van der Waals surface area (Å²) >= 11 is 5.93. The maximum Gasteiger partial charge on any atom is 0.0556 e. The molecule has 0 amide bonds. The summed E-state index contributed by atoms with van der Waals surface area (Å²) in [4.78, 5) is 0. The SMILES string of the molecule is Cc1ccc2c(c1)CCN2Cl. The molecule has 1 aliphatic heterocycles. The number of rotatable bonds is 0. The number of hydrogen-bond acceptors (Lipinski definition) is 1. The van der Waals surface area contributed by atoms with Gasteiger partial charge in [0.15, 0.2) is 0 Å². The van der Waals surface area contributed by atoms with Gasteiger partial charge < -0.3 is 0 Å². The van der Waals surface area contributed by atoms with Crippen LogP contribution in [0, 0.1) is 6.92 Å². The third-order valence-electron chi connectivity index (χ3n) is 2.07. The number of halogens is 1. The summed E-state index contributed by atoms with van der Waals surface area (Å²) < 4.78 is 1.79. The fourth-order valence-electron chi connectivity index (χ4n) is 1.49. The lowest BCUT2D eigenvalue weighted by molar-refractivity contribution is 1.05. The Labute approximate surface area is 71.7 Å². The molecular weight excluding hydrogens is 158 g/mol. The number of benzene rings is 1. The summed E-state index contributed by atoms with van der Waals surface area (Å²) in [6.45, 7) is 3.05. The largest absolute Gasteiger partial charge is 0.285 e. The molecule has 11 heavy (non-hydrogen) atoms. The van der Waals surface area contributed by atoms with E-state index in [-0.39, 0.29) is 0 Å². The lowest BCUT2D eigenvalue weighted by Gasteiger charge is -2.07. The van der Waals surface area contributed by atoms with Crippen LogP contribution in [0.2, 0.25) is 0 Å². The van der Waals surface area contributed by atoms with Gasteiger partial charge >= 0.3 is 0 Å². The molecule has 1 aliphatic rings. The van der Waals surface area contributed by atoms with Crippen LogP contribution in [0.4, 0.5) is 5.69 Å². The summed E-state index contributed by atoms with van der Waals surface area (Å²) in [5.74, 6) is 0. The van der Waals surface area contributed by atoms with Gasteiger partial charge in [0.25, 0.3) is 0 Å². The van der Waals surface area contributed by atoms with Crippen LogP contribution < -0.4 is 4.42 Å². The molecule has 0 saturated heterocycles. The minimum Gasteiger partial charge on any atom is -0.285 e. The van der Waals surface area contributed by atoms with E-state index in [1.165, 1.54) is 16.8 Å². The molecule has 1 heterocycles. The Kier molecular flexibility index (Phi) is 1.53. The van der Waals surface area contributed by atoms with E-state index in [9.17, 15) is 0 Å². The van der Waals surface area contributed by atoms with Crippen molar-refractivity contribution >= 4 is 17.5 Å². The van der Waals surface area contributed by atoms with Crippen LogP contribution in [0.15, 0.2) is 18.2 Å². The molecule has 0 bridgehead atoms. The summed E-state index contributed by atoms with van der Waals surface area (Å²) in [6.07, 6.45) is 1.08. The molecule has 0 spiro atoms. The van der Waals surface area contributed by atoms with E-state index in [1.54, 1.807) is 4.42 Å². The average molecular weight is 168 g/mol. The summed E-state index contributed by atoms with van der Waals surface area (Å²) in [7, 11) is 0. The molecule has 0 fully saturated rings. The zero-order chi connectivity index (χ0) is 7.84. The first kappa shape index (κ1) is 6.99. The molecule has 58 valence electrons. The van der Waals surface area contributed by atoms with Gasteiger partial charge in [-0.25, -0.2) is 0 Å². The van der Waals surface area contributed by atoms with Gasteiger partial charge in [0.05, 0.1) is 5.69 Å². The van der Waals surface area contributed by atoms with Crippen molar-refractivity contribution < 1.29 is 0 Å². The van der Waals surface area contributed by atoms with Crippen LogP contribution in [0.3, 0.4) is 0 Å². The molecule has 1 nitrogen and oxygen atoms in total. The molecule has 0 unspecified atom stereocenters. The highest BCUT2D eigenvalue weighted by atomic mass is 35.5. The Bertz CT molecular complexity index is 283. The van der Waals surface area contributed by atoms with Gasteiger partial charge in [-0.05, 0) is 25.0 Å². The van der Waals surface area contributed by atoms with Crippen molar-refractivity contribution in [3.8, 4) is 0 Å². The average Bonchev–Trinajstić information content (AvgIpc) is 2.32. The molecule has 0 aliphatic carbocycles. The first-order chi connectivity index (χ1) is 5.27. The van der Waals surface area contributed by atoms with Gasteiger partial charge in [0.2, 0.25) is 0 Å². The highest BCUT2D eigenvalue weighted by Gasteiger charge is 2.16. The van der Waals surface area contributed by atoms with Crippen molar-refractivity contribution in [2.75, 3.05) is 11.0 Å². The van der Waals surface area contributed by atoms with Crippen LogP contribution in [-0.2, 0) is 6.42 Å². The van der Waals surface area contributed by atoms with Crippen molar-refractivity contribution in [2.45, 2.75) is 13.3 Å². The van der Waals surface area contributed by atoms with Crippen molar-refractivity contribution in [3.05, 3.63) is 29.3 Å². The van der Waals surface area contributed by atoms with Crippen molar-refractivity contribution in [1.82, 2.24) is 0 Å². The molecule has 0 radical (unpaired) electrons. The van der Waals surface area contributed by atoms with Crippen molar-refractivity contribution in [1.29, 1.82) is 0 Å². The Morgan fingerprint density at radius 3 is 3.09 bits per heavy atom. The number of anilines is 1. The Balaban J connectivity index is 2.50. The zero-order valence-corrected chi connectivity index (χ0v) is 7.23. The maximum absolute atomic E-state index is 5.93. The van der Waals surface area contributed by atoms with E-state index in [0.29, 0.717) is 0 Å². The summed E-state index contributed by atoms with van der Waals surface area (Å²) in [6, 6.07) is 6.39. The van der Waals surface area contributed by atoms with Crippen LogP contribution in [0.5, 0.6) is 0 Å². The van der Waals surface area contributed by atoms with E-state index < -0.39 is 0 Å². The minimum atomic E-state index is 0.945. The maximum atomic E-state index is 5.93. The Morgan fingerprint density at radius 1 is 1.45 bits per heavy atom. The van der Waals surface area contributed by atoms with Gasteiger partial charge in [-0.1, -0.05) is 17.7 Å². The number of hydrogen-bond donors (Lipinski definition) is 0. The van der Waals surface area contributed by atoms with Gasteiger partial charge in [0.1, 0.15) is 0 Å². The minimum absolute atomic E-state index is 0.945. The third kappa shape index (κ3) is 1.10. The third-order valence-corrected chi connectivity index (χ3v) is 2.42. The zero-order valence-electron chi connectivity index (χ0n) is 6.47. The van der Waals surface area contributed by atoms with E-state index in [4.69, 9.17) is 11.8 Å². The van der Waals surface area contributed by atoms with E-state index in [0.717, 1.165) is 13.0 Å². The van der Waals surface area contributed by atoms with Crippen molar-refractivity contribution in [3.63, 3.8) is 0 Å². The normalized spacial score (nSPS) is 15.3. The highest BCUT2D eigenvalue weighted by molar-refractivity contribution is 6.26. The highest BCUT2D eigenvalue weighted by Crippen LogP contribution is 2.29. The molecule has 0 atom stereocenters. The van der Waals surface area contributed by atoms with Gasteiger partial charge in [0, 0.05) is 18.3 Å². The predicted molar refractivity (Wildman–Crippen MR) is 48.1 cm³/mol. The molecule has 0 aromatic heterocycles. The lowest BCUT2D eigenvalue weighted by Crippen LogP contribution is -2.04. The second kappa shape index (κ2) is 2.42. The first-order valence-corrected chi connectivity index (χ1v) is 4.14. The Hall–Kier alpha value is -0.690. The molecule has 1 aromatic rings. The number of aryl methyl sites for hydroxylation is 1. The standard InChI is InChI=1S/C9H10ClN/c1-7-2-3-9-8(6-7)4-5-11(9)10/h2-3,6H,4-5H2,1H3. The molecule has 0 N–H and O–H groups in total. The molecule has 1 aromatic carbocycles. The quantitative estimate of drug-likeness (QED) is 0.537. The Morgan fingerprint density at radius 2 is 2.27 bits per heavy atom. The van der Waals surface area contributed by atoms with Gasteiger partial charge in [-0.2, -0.15) is 0 Å². The molecule has 2 rings (SSSR count). The van der Waals surface area contributed by atoms with Gasteiger partial charge in [-0.15, -0.1) is 0 Å². The van der Waals surface area contributed by atoms with Crippen LogP contribution in [0.25, 0.3) is 0 Å². The fourth-order valence-corrected chi connectivity index (χ4v) is 1.74. The van der Waals surface area contributed by atoms with Crippen LogP contribution in [-0.4, -0.2) is 6.54 Å². The second-order valence-electron chi connectivity index (χ2n) is 2.97. The van der Waals surface area contributed by atoms with Crippen LogP contribution in [0.1, 0.15) is 11.1 Å². The second-order valence-corrected chi connectivity index (χ2v) is 3.38. The summed E-state index contributed by atoms with van der Waals surface area (Å²) in [5, 5.41) is 0. The van der Waals surface area contributed by atoms with Gasteiger partial charge in [-0.3, -0.25) is 4.42 Å². The molecular formula is C9H10ClN. The predicted octanol–water partition coefficient (Wildman–Crippen LogP) is 2.51. The lowest BCUT2D eigenvalue weighted by atomic mass is 10.1. The summed E-state index contributed by atoms with van der Waals surface area (Å²) in [5.41, 5.74) is 3.87.